The molecule has 0 aliphatic carbocycles. The van der Waals surface area contributed by atoms with Crippen molar-refractivity contribution in [1.29, 1.82) is 0 Å². The highest BCUT2D eigenvalue weighted by molar-refractivity contribution is 7.99. The highest BCUT2D eigenvalue weighted by atomic mass is 32.2. The third kappa shape index (κ3) is 4.16. The summed E-state index contributed by atoms with van der Waals surface area (Å²) in [6.45, 7) is 3.92. The summed E-state index contributed by atoms with van der Waals surface area (Å²) in [6, 6.07) is 10.5. The quantitative estimate of drug-likeness (QED) is 0.806. The van der Waals surface area contributed by atoms with Gasteiger partial charge in [0.1, 0.15) is 0 Å². The monoisotopic (exact) mass is 210 g/mol. The molecule has 1 rings (SSSR count). The van der Waals surface area contributed by atoms with E-state index in [0.717, 1.165) is 12.2 Å². The molecule has 78 valence electrons. The van der Waals surface area contributed by atoms with Crippen LogP contribution >= 0.6 is 11.8 Å². The minimum Gasteiger partial charge on any atom is -0.392 e. The zero-order valence-corrected chi connectivity index (χ0v) is 9.63. The summed E-state index contributed by atoms with van der Waals surface area (Å²) in [5.74, 6) is 1.08. The molecule has 2 atom stereocenters. The van der Waals surface area contributed by atoms with Crippen LogP contribution in [-0.4, -0.2) is 22.2 Å². The van der Waals surface area contributed by atoms with E-state index in [-0.39, 0.29) is 6.10 Å². The van der Waals surface area contributed by atoms with Crippen LogP contribution in [0.5, 0.6) is 0 Å². The van der Waals surface area contributed by atoms with E-state index in [1.54, 1.807) is 0 Å². The van der Waals surface area contributed by atoms with Gasteiger partial charge >= 0.3 is 0 Å². The van der Waals surface area contributed by atoms with Gasteiger partial charge in [-0.3, -0.25) is 0 Å². The summed E-state index contributed by atoms with van der Waals surface area (Å²) in [5, 5.41) is 9.63. The van der Waals surface area contributed by atoms with E-state index in [9.17, 15) is 5.11 Å². The molecule has 2 heteroatoms. The van der Waals surface area contributed by atoms with E-state index in [2.05, 4.69) is 31.2 Å². The van der Waals surface area contributed by atoms with Crippen molar-refractivity contribution in [2.45, 2.75) is 31.6 Å². The van der Waals surface area contributed by atoms with Crippen LogP contribution in [0.3, 0.4) is 0 Å². The van der Waals surface area contributed by atoms with Gasteiger partial charge in [-0.05, 0) is 24.7 Å². The van der Waals surface area contributed by atoms with Gasteiger partial charge in [0.2, 0.25) is 0 Å². The molecule has 0 aliphatic heterocycles. The van der Waals surface area contributed by atoms with Gasteiger partial charge in [0, 0.05) is 5.25 Å². The smallest absolute Gasteiger partial charge is 0.0627 e. The lowest BCUT2D eigenvalue weighted by molar-refractivity contribution is 0.196. The molecule has 1 nitrogen and oxygen atoms in total. The number of aliphatic hydroxyl groups is 1. The Morgan fingerprint density at radius 3 is 2.43 bits per heavy atom. The van der Waals surface area contributed by atoms with Crippen molar-refractivity contribution in [3.05, 3.63) is 35.9 Å². The molecular formula is C12H18OS. The first-order chi connectivity index (χ1) is 6.70. The van der Waals surface area contributed by atoms with Crippen molar-refractivity contribution in [1.82, 2.24) is 0 Å². The Balaban J connectivity index is 2.22. The number of hydrogen-bond donors (Lipinski definition) is 1. The summed E-state index contributed by atoms with van der Waals surface area (Å²) < 4.78 is 0. The Kier molecular flexibility index (Phi) is 5.05. The van der Waals surface area contributed by atoms with Crippen molar-refractivity contribution < 1.29 is 5.11 Å². The van der Waals surface area contributed by atoms with E-state index in [4.69, 9.17) is 0 Å². The summed E-state index contributed by atoms with van der Waals surface area (Å²) in [5.41, 5.74) is 1.37. The fraction of sp³-hybridized carbons (Fsp3) is 0.500. The first-order valence-electron chi connectivity index (χ1n) is 5.03. The van der Waals surface area contributed by atoms with E-state index in [1.165, 1.54) is 5.56 Å². The van der Waals surface area contributed by atoms with Gasteiger partial charge < -0.3 is 5.11 Å². The Bertz CT molecular complexity index is 246. The van der Waals surface area contributed by atoms with E-state index in [1.807, 2.05) is 24.8 Å². The molecule has 0 saturated heterocycles. The predicted molar refractivity (Wildman–Crippen MR) is 63.7 cm³/mol. The van der Waals surface area contributed by atoms with Crippen molar-refractivity contribution in [3.8, 4) is 0 Å². The third-order valence-electron chi connectivity index (χ3n) is 2.29. The average Bonchev–Trinajstić information content (AvgIpc) is 2.19. The Labute approximate surface area is 90.5 Å². The maximum absolute atomic E-state index is 9.30. The van der Waals surface area contributed by atoms with Crippen LogP contribution < -0.4 is 0 Å². The first kappa shape index (κ1) is 11.6. The molecule has 2 unspecified atom stereocenters. The van der Waals surface area contributed by atoms with E-state index < -0.39 is 0 Å². The lowest BCUT2D eigenvalue weighted by atomic mass is 10.2. The fourth-order valence-corrected chi connectivity index (χ4v) is 2.15. The number of rotatable bonds is 5. The van der Waals surface area contributed by atoms with Gasteiger partial charge in [0.05, 0.1) is 6.10 Å². The van der Waals surface area contributed by atoms with Crippen LogP contribution in [-0.2, 0) is 6.42 Å². The maximum atomic E-state index is 9.30. The number of aryl methyl sites for hydroxylation is 1. The highest BCUT2D eigenvalue weighted by Crippen LogP contribution is 2.15. The number of aliphatic hydroxyl groups excluding tert-OH is 1. The second-order valence-electron chi connectivity index (χ2n) is 3.55. The highest BCUT2D eigenvalue weighted by Gasteiger charge is 2.08. The van der Waals surface area contributed by atoms with Crippen LogP contribution in [0.2, 0.25) is 0 Å². The Morgan fingerprint density at radius 1 is 1.21 bits per heavy atom. The maximum Gasteiger partial charge on any atom is 0.0627 e. The van der Waals surface area contributed by atoms with E-state index >= 15 is 0 Å². The number of benzene rings is 1. The molecule has 1 N–H and O–H groups in total. The molecule has 0 heterocycles. The van der Waals surface area contributed by atoms with Crippen molar-refractivity contribution in [2.75, 3.05) is 5.75 Å². The van der Waals surface area contributed by atoms with Gasteiger partial charge in [-0.1, -0.05) is 37.3 Å². The van der Waals surface area contributed by atoms with Crippen LogP contribution in [0.1, 0.15) is 19.4 Å². The molecule has 14 heavy (non-hydrogen) atoms. The molecule has 0 radical (unpaired) electrons. The molecule has 1 aromatic rings. The molecule has 0 aliphatic rings. The van der Waals surface area contributed by atoms with Gasteiger partial charge in [0.15, 0.2) is 0 Å². The van der Waals surface area contributed by atoms with Crippen molar-refractivity contribution in [3.63, 3.8) is 0 Å². The van der Waals surface area contributed by atoms with Crippen molar-refractivity contribution >= 4 is 11.8 Å². The lowest BCUT2D eigenvalue weighted by Gasteiger charge is -2.13. The van der Waals surface area contributed by atoms with Crippen LogP contribution in [0.15, 0.2) is 30.3 Å². The van der Waals surface area contributed by atoms with Crippen LogP contribution in [0.4, 0.5) is 0 Å². The fourth-order valence-electron chi connectivity index (χ4n) is 1.15. The second kappa shape index (κ2) is 6.10. The topological polar surface area (TPSA) is 20.2 Å². The predicted octanol–water partition coefficient (Wildman–Crippen LogP) is 2.73. The lowest BCUT2D eigenvalue weighted by Crippen LogP contribution is -2.15. The summed E-state index contributed by atoms with van der Waals surface area (Å²) in [7, 11) is 0. The molecule has 0 spiro atoms. The number of hydrogen-bond acceptors (Lipinski definition) is 2. The van der Waals surface area contributed by atoms with Gasteiger partial charge in [0.25, 0.3) is 0 Å². The molecule has 0 amide bonds. The van der Waals surface area contributed by atoms with Gasteiger partial charge in [-0.15, -0.1) is 0 Å². The minimum absolute atomic E-state index is 0.212. The molecule has 0 aromatic heterocycles. The summed E-state index contributed by atoms with van der Waals surface area (Å²) in [4.78, 5) is 0. The molecule has 0 saturated carbocycles. The minimum atomic E-state index is -0.212. The average molecular weight is 210 g/mol. The number of thioether (sulfide) groups is 1. The van der Waals surface area contributed by atoms with E-state index in [0.29, 0.717) is 5.25 Å². The van der Waals surface area contributed by atoms with Gasteiger partial charge in [-0.2, -0.15) is 11.8 Å². The zero-order valence-electron chi connectivity index (χ0n) is 8.81. The zero-order chi connectivity index (χ0) is 10.4. The summed E-state index contributed by atoms with van der Waals surface area (Å²) in [6.07, 6.45) is 0.874. The SMILES string of the molecule is CC(O)C(C)SCCc1ccccc1. The second-order valence-corrected chi connectivity index (χ2v) is 5.04. The van der Waals surface area contributed by atoms with Crippen LogP contribution in [0, 0.1) is 0 Å². The Morgan fingerprint density at radius 2 is 1.86 bits per heavy atom. The van der Waals surface area contributed by atoms with Crippen molar-refractivity contribution in [2.24, 2.45) is 0 Å². The standard InChI is InChI=1S/C12H18OS/c1-10(13)11(2)14-9-8-12-6-4-3-5-7-12/h3-7,10-11,13H,8-9H2,1-2H3. The van der Waals surface area contributed by atoms with Crippen LogP contribution in [0.25, 0.3) is 0 Å². The Hall–Kier alpha value is -0.470. The largest absolute Gasteiger partial charge is 0.392 e. The van der Waals surface area contributed by atoms with Gasteiger partial charge in [-0.25, -0.2) is 0 Å². The third-order valence-corrected chi connectivity index (χ3v) is 3.65. The molecule has 0 bridgehead atoms. The normalized spacial score (nSPS) is 15.1. The molecule has 0 fully saturated rings. The summed E-state index contributed by atoms with van der Waals surface area (Å²) >= 11 is 1.83. The molecule has 1 aromatic carbocycles. The first-order valence-corrected chi connectivity index (χ1v) is 6.08. The molecular weight excluding hydrogens is 192 g/mol.